The zero-order valence-corrected chi connectivity index (χ0v) is 21.2. The van der Waals surface area contributed by atoms with Gasteiger partial charge in [0.1, 0.15) is 11.6 Å². The maximum atomic E-state index is 4.92. The number of rotatable bonds is 2. The molecule has 0 radical (unpaired) electrons. The fourth-order valence-corrected chi connectivity index (χ4v) is 5.81. The van der Waals surface area contributed by atoms with Gasteiger partial charge in [-0.2, -0.15) is 10.2 Å². The summed E-state index contributed by atoms with van der Waals surface area (Å²) < 4.78 is 0. The molecule has 4 aromatic carbocycles. The summed E-state index contributed by atoms with van der Waals surface area (Å²) in [6.45, 7) is 6.29. The second-order valence-electron chi connectivity index (χ2n) is 10.3. The molecule has 8 aromatic rings. The van der Waals surface area contributed by atoms with Crippen LogP contribution in [0.3, 0.4) is 0 Å². The standard InChI is InChI=1S/C31H23N7/c1-15(2)31-37-28-21-7-5-18(11-23(21)24-13-33-34-14-26(24)30(28)38-31)17-4-6-20-22(10-17)19-8-9-32-12-25(19)29-27(20)35-16(3)36-29/h4-15H,1-3H3,(H,35,36)(H,37,38). The van der Waals surface area contributed by atoms with E-state index in [1.165, 1.54) is 5.39 Å². The fourth-order valence-electron chi connectivity index (χ4n) is 5.81. The monoisotopic (exact) mass is 493 g/mol. The smallest absolute Gasteiger partial charge is 0.109 e. The van der Waals surface area contributed by atoms with Crippen molar-refractivity contribution < 1.29 is 0 Å². The first-order chi connectivity index (χ1) is 18.6. The molecular formula is C31H23N7. The molecule has 8 rings (SSSR count). The topological polar surface area (TPSA) is 96.0 Å². The summed E-state index contributed by atoms with van der Waals surface area (Å²) in [5.41, 5.74) is 6.30. The van der Waals surface area contributed by atoms with Gasteiger partial charge in [-0.3, -0.25) is 4.98 Å². The summed E-state index contributed by atoms with van der Waals surface area (Å²) in [4.78, 5) is 21.1. The Kier molecular flexibility index (Phi) is 4.21. The Bertz CT molecular complexity index is 2240. The maximum absolute atomic E-state index is 4.92. The normalized spacial score (nSPS) is 12.3. The minimum absolute atomic E-state index is 0.300. The quantitative estimate of drug-likeness (QED) is 0.246. The zero-order chi connectivity index (χ0) is 25.5. The molecule has 4 aromatic heterocycles. The minimum Gasteiger partial charge on any atom is -0.342 e. The lowest BCUT2D eigenvalue weighted by Crippen LogP contribution is -1.88. The molecule has 7 nitrogen and oxygen atoms in total. The van der Waals surface area contributed by atoms with Crippen molar-refractivity contribution in [2.24, 2.45) is 0 Å². The van der Waals surface area contributed by atoms with Crippen molar-refractivity contribution in [1.82, 2.24) is 35.1 Å². The molecule has 0 unspecified atom stereocenters. The van der Waals surface area contributed by atoms with Crippen LogP contribution in [0.1, 0.15) is 31.4 Å². The van der Waals surface area contributed by atoms with Crippen LogP contribution in [-0.4, -0.2) is 35.1 Å². The highest BCUT2D eigenvalue weighted by Gasteiger charge is 2.17. The average Bonchev–Trinajstić information content (AvgIpc) is 3.58. The summed E-state index contributed by atoms with van der Waals surface area (Å²) in [6, 6.07) is 15.4. The van der Waals surface area contributed by atoms with Gasteiger partial charge in [0, 0.05) is 45.2 Å². The number of benzene rings is 4. The van der Waals surface area contributed by atoms with Crippen LogP contribution in [0.15, 0.2) is 67.3 Å². The molecule has 0 aliphatic heterocycles. The number of aryl methyl sites for hydroxylation is 1. The lowest BCUT2D eigenvalue weighted by Gasteiger charge is -2.11. The van der Waals surface area contributed by atoms with Crippen LogP contribution in [0.4, 0.5) is 0 Å². The number of pyridine rings is 1. The molecule has 0 amide bonds. The van der Waals surface area contributed by atoms with Crippen molar-refractivity contribution in [2.45, 2.75) is 26.7 Å². The van der Waals surface area contributed by atoms with Gasteiger partial charge in [-0.1, -0.05) is 38.1 Å². The summed E-state index contributed by atoms with van der Waals surface area (Å²) in [7, 11) is 0. The molecule has 0 aliphatic rings. The highest BCUT2D eigenvalue weighted by atomic mass is 15.1. The number of imidazole rings is 2. The van der Waals surface area contributed by atoms with Crippen molar-refractivity contribution in [1.29, 1.82) is 0 Å². The zero-order valence-electron chi connectivity index (χ0n) is 21.2. The molecule has 0 saturated heterocycles. The first kappa shape index (κ1) is 21.2. The predicted octanol–water partition coefficient (Wildman–Crippen LogP) is 7.34. The summed E-state index contributed by atoms with van der Waals surface area (Å²) in [5, 5.41) is 17.3. The van der Waals surface area contributed by atoms with Gasteiger partial charge in [-0.25, -0.2) is 9.97 Å². The van der Waals surface area contributed by atoms with Crippen LogP contribution in [0.5, 0.6) is 0 Å². The van der Waals surface area contributed by atoms with E-state index in [0.29, 0.717) is 5.92 Å². The Balaban J connectivity index is 1.42. The third kappa shape index (κ3) is 2.87. The fraction of sp³-hybridized carbons (Fsp3) is 0.129. The average molecular weight is 494 g/mol. The number of fused-ring (bicyclic) bond motifs is 12. The summed E-state index contributed by atoms with van der Waals surface area (Å²) in [6.07, 6.45) is 7.43. The SMILES string of the molecule is Cc1nc2c3cnccc3c3cc(-c4ccc5c(c4)c4cnncc4c4nc(C(C)C)[nH]c54)ccc3c2[nH]1. The molecule has 2 N–H and O–H groups in total. The first-order valence-electron chi connectivity index (χ1n) is 12.8. The second-order valence-corrected chi connectivity index (χ2v) is 10.3. The van der Waals surface area contributed by atoms with Gasteiger partial charge in [0.25, 0.3) is 0 Å². The van der Waals surface area contributed by atoms with Crippen LogP contribution >= 0.6 is 0 Å². The number of nitrogens with zero attached hydrogens (tertiary/aromatic N) is 5. The van der Waals surface area contributed by atoms with E-state index in [2.05, 4.69) is 81.5 Å². The van der Waals surface area contributed by atoms with E-state index in [-0.39, 0.29) is 0 Å². The van der Waals surface area contributed by atoms with Crippen molar-refractivity contribution in [2.75, 3.05) is 0 Å². The number of H-pyrrole nitrogens is 2. The Hall–Kier alpha value is -4.91. The molecule has 7 heteroatoms. The molecule has 0 aliphatic carbocycles. The second kappa shape index (κ2) is 7.55. The van der Waals surface area contributed by atoms with Gasteiger partial charge >= 0.3 is 0 Å². The van der Waals surface area contributed by atoms with Gasteiger partial charge in [0.05, 0.1) is 34.5 Å². The number of nitrogens with one attached hydrogen (secondary N) is 2. The third-order valence-electron chi connectivity index (χ3n) is 7.64. The van der Waals surface area contributed by atoms with Gasteiger partial charge in [0.15, 0.2) is 0 Å². The van der Waals surface area contributed by atoms with Crippen LogP contribution in [0.25, 0.3) is 76.3 Å². The number of hydrogen-bond acceptors (Lipinski definition) is 5. The number of aromatic nitrogens is 7. The molecule has 0 atom stereocenters. The Morgan fingerprint density at radius 2 is 1.24 bits per heavy atom. The van der Waals surface area contributed by atoms with E-state index < -0.39 is 0 Å². The first-order valence-corrected chi connectivity index (χ1v) is 12.8. The maximum Gasteiger partial charge on any atom is 0.109 e. The lowest BCUT2D eigenvalue weighted by molar-refractivity contribution is 0.799. The Morgan fingerprint density at radius 1 is 0.605 bits per heavy atom. The largest absolute Gasteiger partial charge is 0.342 e. The van der Waals surface area contributed by atoms with Crippen molar-refractivity contribution in [3.05, 3.63) is 78.9 Å². The van der Waals surface area contributed by atoms with E-state index >= 15 is 0 Å². The molecule has 38 heavy (non-hydrogen) atoms. The third-order valence-corrected chi connectivity index (χ3v) is 7.64. The molecule has 4 heterocycles. The number of aromatic amines is 2. The van der Waals surface area contributed by atoms with E-state index in [4.69, 9.17) is 9.97 Å². The lowest BCUT2D eigenvalue weighted by atomic mass is 9.94. The van der Waals surface area contributed by atoms with Gasteiger partial charge in [-0.15, -0.1) is 0 Å². The van der Waals surface area contributed by atoms with Crippen molar-refractivity contribution in [3.8, 4) is 11.1 Å². The minimum atomic E-state index is 0.300. The Morgan fingerprint density at radius 3 is 1.97 bits per heavy atom. The molecular weight excluding hydrogens is 470 g/mol. The molecule has 0 saturated carbocycles. The Labute approximate surface area is 217 Å². The van der Waals surface area contributed by atoms with Crippen LogP contribution < -0.4 is 0 Å². The highest BCUT2D eigenvalue weighted by molar-refractivity contribution is 6.25. The molecule has 0 spiro atoms. The summed E-state index contributed by atoms with van der Waals surface area (Å²) in [5.74, 6) is 2.18. The molecule has 0 fully saturated rings. The number of hydrogen-bond donors (Lipinski definition) is 2. The molecule has 0 bridgehead atoms. The predicted molar refractivity (Wildman–Crippen MR) is 153 cm³/mol. The molecule has 182 valence electrons. The van der Waals surface area contributed by atoms with Crippen molar-refractivity contribution >= 4 is 65.2 Å². The van der Waals surface area contributed by atoms with Gasteiger partial charge in [0.2, 0.25) is 0 Å². The van der Waals surface area contributed by atoms with E-state index in [9.17, 15) is 0 Å². The summed E-state index contributed by atoms with van der Waals surface area (Å²) >= 11 is 0. The van der Waals surface area contributed by atoms with Gasteiger partial charge < -0.3 is 9.97 Å². The van der Waals surface area contributed by atoms with Crippen LogP contribution in [-0.2, 0) is 0 Å². The highest BCUT2D eigenvalue weighted by Crippen LogP contribution is 2.39. The van der Waals surface area contributed by atoms with E-state index in [0.717, 1.165) is 82.5 Å². The van der Waals surface area contributed by atoms with Crippen LogP contribution in [0, 0.1) is 6.92 Å². The van der Waals surface area contributed by atoms with Gasteiger partial charge in [-0.05, 0) is 52.4 Å². The van der Waals surface area contributed by atoms with Crippen LogP contribution in [0.2, 0.25) is 0 Å². The van der Waals surface area contributed by atoms with Crippen molar-refractivity contribution in [3.63, 3.8) is 0 Å². The van der Waals surface area contributed by atoms with E-state index in [1.54, 1.807) is 0 Å². The van der Waals surface area contributed by atoms with E-state index in [1.807, 2.05) is 31.7 Å².